The Labute approximate surface area is 234 Å². The van der Waals surface area contributed by atoms with Crippen LogP contribution in [0.4, 0.5) is 0 Å². The minimum Gasteiger partial charge on any atom is -0.508 e. The Bertz CT molecular complexity index is 1380. The van der Waals surface area contributed by atoms with E-state index in [9.17, 15) is 19.8 Å². The molecule has 0 unspecified atom stereocenters. The summed E-state index contributed by atoms with van der Waals surface area (Å²) >= 11 is 0. The number of aliphatic hydroxyl groups is 1. The van der Waals surface area contributed by atoms with Gasteiger partial charge in [-0.25, -0.2) is 4.79 Å². The van der Waals surface area contributed by atoms with E-state index in [1.807, 2.05) is 6.92 Å². The lowest BCUT2D eigenvalue weighted by atomic mass is 9.77. The summed E-state index contributed by atoms with van der Waals surface area (Å²) in [5.41, 5.74) is 3.09. The first-order chi connectivity index (χ1) is 19.1. The third kappa shape index (κ3) is 5.32. The zero-order chi connectivity index (χ0) is 28.6. The minimum atomic E-state index is -1.08. The molecule has 40 heavy (non-hydrogen) atoms. The Kier molecular flexibility index (Phi) is 7.64. The number of phenolic OH excluding ortho intramolecular Hbond substituents is 1. The predicted molar refractivity (Wildman–Crippen MR) is 149 cm³/mol. The number of phenols is 1. The molecule has 0 amide bonds. The molecule has 5 rings (SSSR count). The van der Waals surface area contributed by atoms with Crippen LogP contribution < -0.4 is 14.2 Å². The zero-order valence-electron chi connectivity index (χ0n) is 23.4. The molecule has 212 valence electrons. The molecule has 2 aromatic carbocycles. The Morgan fingerprint density at radius 2 is 1.85 bits per heavy atom. The van der Waals surface area contributed by atoms with E-state index < -0.39 is 17.7 Å². The summed E-state index contributed by atoms with van der Waals surface area (Å²) in [6.45, 7) is 7.84. The molecule has 1 saturated carbocycles. The number of hydrogen-bond donors (Lipinski definition) is 2. The molecular weight excluding hydrogens is 512 g/mol. The predicted octanol–water partition coefficient (Wildman–Crippen LogP) is 5.39. The molecule has 1 aliphatic carbocycles. The Hall–Kier alpha value is -3.78. The lowest BCUT2D eigenvalue weighted by Crippen LogP contribution is -2.39. The van der Waals surface area contributed by atoms with Gasteiger partial charge in [0.05, 0.1) is 24.4 Å². The number of aromatic hydroxyl groups is 1. The number of benzene rings is 2. The van der Waals surface area contributed by atoms with Gasteiger partial charge in [0.15, 0.2) is 0 Å². The highest BCUT2D eigenvalue weighted by Gasteiger charge is 2.40. The van der Waals surface area contributed by atoms with Crippen molar-refractivity contribution in [3.8, 4) is 23.0 Å². The number of rotatable bonds is 7. The molecule has 0 bridgehead atoms. The summed E-state index contributed by atoms with van der Waals surface area (Å²) in [4.78, 5) is 25.9. The number of ether oxygens (including phenoxy) is 4. The van der Waals surface area contributed by atoms with Gasteiger partial charge >= 0.3 is 5.97 Å². The van der Waals surface area contributed by atoms with Gasteiger partial charge in [0.2, 0.25) is 5.76 Å². The van der Waals surface area contributed by atoms with Gasteiger partial charge in [0, 0.05) is 30.4 Å². The van der Waals surface area contributed by atoms with Gasteiger partial charge in [-0.2, -0.15) is 0 Å². The molecule has 3 aliphatic rings. The van der Waals surface area contributed by atoms with Gasteiger partial charge < -0.3 is 29.2 Å². The van der Waals surface area contributed by atoms with Crippen molar-refractivity contribution in [2.24, 2.45) is 0 Å². The van der Waals surface area contributed by atoms with Crippen LogP contribution in [0.25, 0.3) is 5.57 Å². The Balaban J connectivity index is 1.67. The SMILES string of the molecule is CCCOc1c2c(cc3c1/C(=C1\CCC(=O)[C@H](c4ccc(O)cc4)C1)C=C(C(=O)OCC)O3)O[C@H](C(C)(C)O)C2. The largest absolute Gasteiger partial charge is 0.508 e. The first-order valence-electron chi connectivity index (χ1n) is 13.9. The third-order valence-corrected chi connectivity index (χ3v) is 7.63. The normalized spacial score (nSPS) is 22.0. The number of Topliss-reactive ketones (excluding diaryl/α,β-unsaturated/α-hetero) is 1. The van der Waals surface area contributed by atoms with Crippen LogP contribution in [0.2, 0.25) is 0 Å². The number of ketones is 1. The second-order valence-corrected chi connectivity index (χ2v) is 11.0. The highest BCUT2D eigenvalue weighted by atomic mass is 16.6. The van der Waals surface area contributed by atoms with Crippen molar-refractivity contribution in [2.75, 3.05) is 13.2 Å². The molecule has 0 saturated heterocycles. The summed E-state index contributed by atoms with van der Waals surface area (Å²) in [6.07, 6.45) is 3.80. The van der Waals surface area contributed by atoms with E-state index in [4.69, 9.17) is 18.9 Å². The van der Waals surface area contributed by atoms with E-state index in [2.05, 4.69) is 0 Å². The summed E-state index contributed by atoms with van der Waals surface area (Å²) < 4.78 is 23.9. The molecule has 0 radical (unpaired) electrons. The van der Waals surface area contributed by atoms with E-state index in [1.165, 1.54) is 0 Å². The minimum absolute atomic E-state index is 0.0494. The average molecular weight is 549 g/mol. The zero-order valence-corrected chi connectivity index (χ0v) is 23.4. The molecule has 0 spiro atoms. The molecule has 2 aliphatic heterocycles. The van der Waals surface area contributed by atoms with Crippen LogP contribution >= 0.6 is 0 Å². The Morgan fingerprint density at radius 1 is 1.10 bits per heavy atom. The second kappa shape index (κ2) is 11.0. The van der Waals surface area contributed by atoms with E-state index in [1.54, 1.807) is 57.2 Å². The molecule has 0 aromatic heterocycles. The van der Waals surface area contributed by atoms with Crippen molar-refractivity contribution in [2.45, 2.75) is 77.4 Å². The topological polar surface area (TPSA) is 112 Å². The highest BCUT2D eigenvalue weighted by Crippen LogP contribution is 2.52. The van der Waals surface area contributed by atoms with E-state index in [-0.39, 0.29) is 29.8 Å². The molecule has 2 heterocycles. The van der Waals surface area contributed by atoms with Crippen molar-refractivity contribution in [1.82, 2.24) is 0 Å². The van der Waals surface area contributed by atoms with Gasteiger partial charge in [0.1, 0.15) is 34.9 Å². The molecule has 1 fully saturated rings. The van der Waals surface area contributed by atoms with Gasteiger partial charge in [-0.15, -0.1) is 0 Å². The monoisotopic (exact) mass is 548 g/mol. The lowest BCUT2D eigenvalue weighted by Gasteiger charge is -2.29. The number of fused-ring (bicyclic) bond motifs is 2. The van der Waals surface area contributed by atoms with Gasteiger partial charge in [0.25, 0.3) is 0 Å². The van der Waals surface area contributed by atoms with Gasteiger partial charge in [-0.1, -0.05) is 24.6 Å². The van der Waals surface area contributed by atoms with Crippen LogP contribution in [0.1, 0.15) is 76.0 Å². The number of carbonyl (C=O) groups excluding carboxylic acids is 2. The quantitative estimate of drug-likeness (QED) is 0.444. The number of esters is 1. The summed E-state index contributed by atoms with van der Waals surface area (Å²) in [5.74, 6) is 0.938. The number of hydrogen-bond acceptors (Lipinski definition) is 8. The fourth-order valence-electron chi connectivity index (χ4n) is 5.52. The van der Waals surface area contributed by atoms with E-state index in [0.29, 0.717) is 55.1 Å². The molecule has 8 heteroatoms. The average Bonchev–Trinajstić information content (AvgIpc) is 3.36. The summed E-state index contributed by atoms with van der Waals surface area (Å²) in [6, 6.07) is 8.49. The third-order valence-electron chi connectivity index (χ3n) is 7.63. The maximum absolute atomic E-state index is 13.0. The van der Waals surface area contributed by atoms with E-state index in [0.717, 1.165) is 28.7 Å². The fraction of sp³-hybridized carbons (Fsp3) is 0.438. The van der Waals surface area contributed by atoms with Gasteiger partial charge in [-0.05, 0) is 69.4 Å². The van der Waals surface area contributed by atoms with Crippen molar-refractivity contribution in [3.05, 3.63) is 64.4 Å². The maximum Gasteiger partial charge on any atom is 0.374 e. The summed E-state index contributed by atoms with van der Waals surface area (Å²) in [5, 5.41) is 20.5. The smallest absolute Gasteiger partial charge is 0.374 e. The Morgan fingerprint density at radius 3 is 2.52 bits per heavy atom. The first kappa shape index (κ1) is 27.8. The van der Waals surface area contributed by atoms with Crippen molar-refractivity contribution < 1.29 is 38.7 Å². The maximum atomic E-state index is 13.0. The van der Waals surface area contributed by atoms with Crippen LogP contribution in [0.3, 0.4) is 0 Å². The molecule has 2 aromatic rings. The van der Waals surface area contributed by atoms with Crippen LogP contribution in [0.15, 0.2) is 47.7 Å². The molecular formula is C32H36O8. The van der Waals surface area contributed by atoms with Crippen molar-refractivity contribution in [3.63, 3.8) is 0 Å². The van der Waals surface area contributed by atoms with Crippen molar-refractivity contribution >= 4 is 17.3 Å². The lowest BCUT2D eigenvalue weighted by molar-refractivity contribution is -0.141. The molecule has 2 N–H and O–H groups in total. The van der Waals surface area contributed by atoms with Gasteiger partial charge in [-0.3, -0.25) is 4.79 Å². The second-order valence-electron chi connectivity index (χ2n) is 11.0. The number of allylic oxidation sites excluding steroid dienone is 3. The first-order valence-corrected chi connectivity index (χ1v) is 13.9. The van der Waals surface area contributed by atoms with E-state index >= 15 is 0 Å². The fourth-order valence-corrected chi connectivity index (χ4v) is 5.52. The molecule has 2 atom stereocenters. The summed E-state index contributed by atoms with van der Waals surface area (Å²) in [7, 11) is 0. The number of carbonyl (C=O) groups is 2. The van der Waals surface area contributed by atoms with Crippen LogP contribution in [0.5, 0.6) is 23.0 Å². The van der Waals surface area contributed by atoms with Crippen molar-refractivity contribution in [1.29, 1.82) is 0 Å². The van der Waals surface area contributed by atoms with Crippen LogP contribution in [-0.4, -0.2) is 46.9 Å². The van der Waals surface area contributed by atoms with Crippen LogP contribution in [-0.2, 0) is 20.7 Å². The van der Waals surface area contributed by atoms with Crippen LogP contribution in [0, 0.1) is 0 Å². The standard InChI is InChI=1S/C32H36O8/c1-5-13-38-30-23-16-28(32(3,4)36)40-25(23)17-26-29(30)22(15-27(39-26)31(35)37-6-2)19-9-12-24(34)21(14-19)18-7-10-20(33)11-8-18/h7-8,10-11,15,17,21,28,33,36H,5-6,9,12-14,16H2,1-4H3/b22-19+/t21-,28-/m0/s1. The molecule has 8 nitrogen and oxygen atoms in total. The highest BCUT2D eigenvalue weighted by molar-refractivity contribution is 5.98.